The summed E-state index contributed by atoms with van der Waals surface area (Å²) in [5.74, 6) is -1.24. The van der Waals surface area contributed by atoms with E-state index in [1.807, 2.05) is 57.5 Å². The van der Waals surface area contributed by atoms with Crippen molar-refractivity contribution >= 4 is 11.4 Å². The summed E-state index contributed by atoms with van der Waals surface area (Å²) >= 11 is 0. The molecular formula is C24H29F3N4. The summed E-state index contributed by atoms with van der Waals surface area (Å²) in [6, 6.07) is 7.15. The first kappa shape index (κ1) is 22.6. The highest BCUT2D eigenvalue weighted by atomic mass is 19.1. The Morgan fingerprint density at radius 1 is 0.677 bits per heavy atom. The monoisotopic (exact) mass is 430 g/mol. The van der Waals surface area contributed by atoms with Gasteiger partial charge in [0.1, 0.15) is 29.8 Å². The van der Waals surface area contributed by atoms with Crippen LogP contribution in [0.15, 0.2) is 55.1 Å². The predicted molar refractivity (Wildman–Crippen MR) is 120 cm³/mol. The Kier molecular flexibility index (Phi) is 6.53. The standard InChI is InChI=1S/C12H14F2N2.C12H15FN2/c1-8-6-10(13)7-11(14)12(8)16-5-4-15(3)9(16)2;1-9-8-11(13)4-5-12(9)15-7-6-14(3)10(15)2/h4-7,9H,1-3H3;4-8,10H,1-3H3/t9-;10-/m00/s1. The fourth-order valence-corrected chi connectivity index (χ4v) is 3.72. The number of halogens is 3. The van der Waals surface area contributed by atoms with Gasteiger partial charge < -0.3 is 19.6 Å². The van der Waals surface area contributed by atoms with E-state index < -0.39 is 11.6 Å². The van der Waals surface area contributed by atoms with Crippen LogP contribution >= 0.6 is 0 Å². The molecule has 4 rings (SSSR count). The molecule has 7 heteroatoms. The molecule has 2 aromatic carbocycles. The maximum Gasteiger partial charge on any atom is 0.150 e. The molecule has 2 heterocycles. The molecule has 0 spiro atoms. The van der Waals surface area contributed by atoms with Crippen LogP contribution in [0.1, 0.15) is 25.0 Å². The van der Waals surface area contributed by atoms with Gasteiger partial charge in [-0.2, -0.15) is 0 Å². The molecule has 0 N–H and O–H groups in total. The molecule has 2 atom stereocenters. The summed E-state index contributed by atoms with van der Waals surface area (Å²) in [5.41, 5.74) is 3.06. The SMILES string of the molecule is Cc1cc(F)cc(F)c1N1C=CN(C)[C@@H]1C.Cc1cc(F)ccc1N1C=CN(C)[C@@H]1C. The molecule has 0 saturated carbocycles. The molecule has 2 aromatic rings. The second-order valence-electron chi connectivity index (χ2n) is 7.99. The maximum absolute atomic E-state index is 13.7. The second-order valence-corrected chi connectivity index (χ2v) is 7.99. The minimum Gasteiger partial charge on any atom is -0.359 e. The number of anilines is 2. The van der Waals surface area contributed by atoms with Crippen molar-refractivity contribution in [3.8, 4) is 0 Å². The molecule has 31 heavy (non-hydrogen) atoms. The molecule has 2 aliphatic heterocycles. The van der Waals surface area contributed by atoms with E-state index in [2.05, 4.69) is 16.7 Å². The molecule has 0 unspecified atom stereocenters. The Morgan fingerprint density at radius 2 is 1.23 bits per heavy atom. The Morgan fingerprint density at radius 3 is 1.71 bits per heavy atom. The Labute approximate surface area is 182 Å². The number of nitrogens with zero attached hydrogens (tertiary/aromatic N) is 4. The highest BCUT2D eigenvalue weighted by Crippen LogP contribution is 2.30. The van der Waals surface area contributed by atoms with Gasteiger partial charge >= 0.3 is 0 Å². The van der Waals surface area contributed by atoms with Crippen molar-refractivity contribution in [2.24, 2.45) is 0 Å². The molecule has 0 amide bonds. The van der Waals surface area contributed by atoms with E-state index in [9.17, 15) is 13.2 Å². The van der Waals surface area contributed by atoms with Crippen LogP contribution in [0.5, 0.6) is 0 Å². The average molecular weight is 431 g/mol. The van der Waals surface area contributed by atoms with Gasteiger partial charge in [0, 0.05) is 50.6 Å². The summed E-state index contributed by atoms with van der Waals surface area (Å²) in [5, 5.41) is 0. The van der Waals surface area contributed by atoms with Crippen LogP contribution in [0.3, 0.4) is 0 Å². The zero-order valence-electron chi connectivity index (χ0n) is 18.8. The fraction of sp³-hybridized carbons (Fsp3) is 0.333. The zero-order valence-corrected chi connectivity index (χ0v) is 18.8. The van der Waals surface area contributed by atoms with Gasteiger partial charge in [-0.15, -0.1) is 0 Å². The van der Waals surface area contributed by atoms with E-state index >= 15 is 0 Å². The number of hydrogen-bond donors (Lipinski definition) is 0. The normalized spacial score (nSPS) is 19.9. The minimum atomic E-state index is -0.539. The van der Waals surface area contributed by atoms with Crippen molar-refractivity contribution in [2.75, 3.05) is 23.9 Å². The minimum absolute atomic E-state index is 0.0404. The number of hydrogen-bond acceptors (Lipinski definition) is 4. The predicted octanol–water partition coefficient (Wildman–Crippen LogP) is 5.55. The lowest BCUT2D eigenvalue weighted by atomic mass is 10.1. The van der Waals surface area contributed by atoms with Crippen molar-refractivity contribution in [3.63, 3.8) is 0 Å². The molecule has 0 fully saturated rings. The van der Waals surface area contributed by atoms with Gasteiger partial charge in [-0.05, 0) is 63.1 Å². The summed E-state index contributed by atoms with van der Waals surface area (Å²) in [7, 11) is 3.94. The first-order valence-electron chi connectivity index (χ1n) is 10.2. The summed E-state index contributed by atoms with van der Waals surface area (Å²) in [4.78, 5) is 8.00. The van der Waals surface area contributed by atoms with Gasteiger partial charge in [0.15, 0.2) is 0 Å². The van der Waals surface area contributed by atoms with E-state index in [4.69, 9.17) is 0 Å². The van der Waals surface area contributed by atoms with Crippen molar-refractivity contribution in [1.29, 1.82) is 0 Å². The molecule has 0 saturated heterocycles. The van der Waals surface area contributed by atoms with Gasteiger partial charge in [-0.3, -0.25) is 0 Å². The summed E-state index contributed by atoms with van der Waals surface area (Å²) in [6.45, 7) is 7.71. The zero-order chi connectivity index (χ0) is 22.9. The fourth-order valence-electron chi connectivity index (χ4n) is 3.72. The van der Waals surface area contributed by atoms with Crippen LogP contribution < -0.4 is 9.80 Å². The van der Waals surface area contributed by atoms with Gasteiger partial charge in [0.05, 0.1) is 5.69 Å². The van der Waals surface area contributed by atoms with E-state index in [1.165, 1.54) is 12.1 Å². The van der Waals surface area contributed by atoms with Crippen LogP contribution in [0.4, 0.5) is 24.5 Å². The number of benzene rings is 2. The van der Waals surface area contributed by atoms with Crippen LogP contribution in [-0.2, 0) is 0 Å². The van der Waals surface area contributed by atoms with Crippen LogP contribution in [0.25, 0.3) is 0 Å². The third kappa shape index (κ3) is 4.65. The molecule has 4 nitrogen and oxygen atoms in total. The third-order valence-corrected chi connectivity index (χ3v) is 5.82. The summed E-state index contributed by atoms with van der Waals surface area (Å²) in [6.07, 6.45) is 8.03. The highest BCUT2D eigenvalue weighted by molar-refractivity contribution is 5.58. The molecular weight excluding hydrogens is 401 g/mol. The Hall–Kier alpha value is -3.09. The molecule has 166 valence electrons. The first-order valence-corrected chi connectivity index (χ1v) is 10.2. The molecule has 0 bridgehead atoms. The van der Waals surface area contributed by atoms with Crippen molar-refractivity contribution in [1.82, 2.24) is 9.80 Å². The van der Waals surface area contributed by atoms with Crippen molar-refractivity contribution < 1.29 is 13.2 Å². The second kappa shape index (κ2) is 8.96. The van der Waals surface area contributed by atoms with Crippen molar-refractivity contribution in [2.45, 2.75) is 40.0 Å². The molecule has 0 aliphatic carbocycles. The van der Waals surface area contributed by atoms with Crippen molar-refractivity contribution in [3.05, 3.63) is 83.7 Å². The van der Waals surface area contributed by atoms with Crippen LogP contribution in [0, 0.1) is 31.3 Å². The lowest BCUT2D eigenvalue weighted by molar-refractivity contribution is 0.380. The Balaban J connectivity index is 0.000000176. The quantitative estimate of drug-likeness (QED) is 0.620. The largest absolute Gasteiger partial charge is 0.359 e. The van der Waals surface area contributed by atoms with E-state index in [-0.39, 0.29) is 18.1 Å². The smallest absolute Gasteiger partial charge is 0.150 e. The number of rotatable bonds is 2. The first-order chi connectivity index (χ1) is 14.6. The molecule has 0 aromatic heterocycles. The molecule has 0 radical (unpaired) electrons. The van der Waals surface area contributed by atoms with Crippen LogP contribution in [-0.4, -0.2) is 36.2 Å². The third-order valence-electron chi connectivity index (χ3n) is 5.82. The lowest BCUT2D eigenvalue weighted by Gasteiger charge is -2.28. The van der Waals surface area contributed by atoms with Crippen LogP contribution in [0.2, 0.25) is 0 Å². The van der Waals surface area contributed by atoms with Gasteiger partial charge in [-0.25, -0.2) is 13.2 Å². The lowest BCUT2D eigenvalue weighted by Crippen LogP contribution is -2.34. The number of aryl methyl sites for hydroxylation is 2. The highest BCUT2D eigenvalue weighted by Gasteiger charge is 2.24. The maximum atomic E-state index is 13.7. The topological polar surface area (TPSA) is 13.0 Å². The van der Waals surface area contributed by atoms with Gasteiger partial charge in [-0.1, -0.05) is 0 Å². The van der Waals surface area contributed by atoms with Gasteiger partial charge in [0.25, 0.3) is 0 Å². The van der Waals surface area contributed by atoms with E-state index in [1.54, 1.807) is 24.1 Å². The summed E-state index contributed by atoms with van der Waals surface area (Å²) < 4.78 is 39.7. The average Bonchev–Trinajstić information content (AvgIpc) is 3.18. The Bertz CT molecular complexity index is 981. The molecule has 2 aliphatic rings. The van der Waals surface area contributed by atoms with Gasteiger partial charge in [0.2, 0.25) is 0 Å². The van der Waals surface area contributed by atoms with E-state index in [0.29, 0.717) is 11.3 Å². The van der Waals surface area contributed by atoms with E-state index in [0.717, 1.165) is 17.3 Å².